The normalized spacial score (nSPS) is 16.5. The Morgan fingerprint density at radius 2 is 1.81 bits per heavy atom. The molecule has 2 aromatic carbocycles. The van der Waals surface area contributed by atoms with Crippen molar-refractivity contribution in [2.24, 2.45) is 0 Å². The first-order chi connectivity index (χ1) is 15.0. The second kappa shape index (κ2) is 9.08. The fourth-order valence-electron chi connectivity index (χ4n) is 3.96. The van der Waals surface area contributed by atoms with Crippen molar-refractivity contribution in [2.45, 2.75) is 18.9 Å². The van der Waals surface area contributed by atoms with Crippen molar-refractivity contribution in [1.82, 2.24) is 14.8 Å². The van der Waals surface area contributed by atoms with Gasteiger partial charge in [-0.25, -0.2) is 4.39 Å². The van der Waals surface area contributed by atoms with E-state index in [9.17, 15) is 14.0 Å². The van der Waals surface area contributed by atoms with E-state index in [-0.39, 0.29) is 18.2 Å². The number of rotatable bonds is 5. The number of hydrogen-bond acceptors (Lipinski definition) is 3. The molecular weight excluding hydrogens is 393 g/mol. The summed E-state index contributed by atoms with van der Waals surface area (Å²) in [6, 6.07) is 17.5. The number of aromatic nitrogens is 1. The number of nitrogens with zero attached hydrogens (tertiary/aromatic N) is 3. The van der Waals surface area contributed by atoms with Crippen LogP contribution in [0.25, 0.3) is 11.1 Å². The maximum absolute atomic E-state index is 14.1. The molecule has 0 aliphatic carbocycles. The summed E-state index contributed by atoms with van der Waals surface area (Å²) in [5.41, 5.74) is 3.38. The molecule has 0 radical (unpaired) electrons. The highest BCUT2D eigenvalue weighted by atomic mass is 19.1. The number of carbonyl (C=O) groups excluding carboxylic acids is 2. The fraction of sp³-hybridized carbons (Fsp3) is 0.240. The minimum atomic E-state index is -0.606. The molecule has 1 aliphatic heterocycles. The molecule has 3 aromatic rings. The summed E-state index contributed by atoms with van der Waals surface area (Å²) in [7, 11) is 1.75. The number of benzene rings is 2. The Morgan fingerprint density at radius 1 is 1.03 bits per heavy atom. The van der Waals surface area contributed by atoms with E-state index in [4.69, 9.17) is 0 Å². The van der Waals surface area contributed by atoms with E-state index in [1.807, 2.05) is 36.4 Å². The average molecular weight is 417 g/mol. The van der Waals surface area contributed by atoms with E-state index < -0.39 is 11.9 Å². The van der Waals surface area contributed by atoms with Crippen LogP contribution in [0, 0.1) is 5.82 Å². The van der Waals surface area contributed by atoms with E-state index >= 15 is 0 Å². The van der Waals surface area contributed by atoms with E-state index in [1.165, 1.54) is 6.07 Å². The SMILES string of the molecule is CN1CCN(C(=O)Cc2ccccc2F)C(Cc2cccc(-c3ccncc3)c2)C1=O. The van der Waals surface area contributed by atoms with Crippen LogP contribution in [-0.2, 0) is 22.4 Å². The van der Waals surface area contributed by atoms with E-state index in [2.05, 4.69) is 4.98 Å². The number of carbonyl (C=O) groups is 2. The number of hydrogen-bond donors (Lipinski definition) is 0. The fourth-order valence-corrected chi connectivity index (χ4v) is 3.96. The van der Waals surface area contributed by atoms with Crippen LogP contribution in [0.3, 0.4) is 0 Å². The summed E-state index contributed by atoms with van der Waals surface area (Å²) in [6.07, 6.45) is 3.83. The first-order valence-electron chi connectivity index (χ1n) is 10.3. The predicted molar refractivity (Wildman–Crippen MR) is 117 cm³/mol. The van der Waals surface area contributed by atoms with Crippen LogP contribution in [-0.4, -0.2) is 52.8 Å². The predicted octanol–water partition coefficient (Wildman–Crippen LogP) is 3.34. The Balaban J connectivity index is 1.57. The van der Waals surface area contributed by atoms with Gasteiger partial charge in [-0.15, -0.1) is 0 Å². The molecule has 1 fully saturated rings. The van der Waals surface area contributed by atoms with Crippen LogP contribution < -0.4 is 0 Å². The highest BCUT2D eigenvalue weighted by molar-refractivity contribution is 5.89. The van der Waals surface area contributed by atoms with Crippen LogP contribution in [0.2, 0.25) is 0 Å². The van der Waals surface area contributed by atoms with Crippen molar-refractivity contribution in [3.63, 3.8) is 0 Å². The molecule has 1 saturated heterocycles. The first kappa shape index (κ1) is 20.7. The van der Waals surface area contributed by atoms with Crippen molar-refractivity contribution in [3.8, 4) is 11.1 Å². The molecule has 2 heterocycles. The average Bonchev–Trinajstić information content (AvgIpc) is 2.79. The van der Waals surface area contributed by atoms with Gasteiger partial charge in [0.25, 0.3) is 0 Å². The topological polar surface area (TPSA) is 53.5 Å². The minimum absolute atomic E-state index is 0.0583. The third kappa shape index (κ3) is 4.63. The van der Waals surface area contributed by atoms with Crippen LogP contribution >= 0.6 is 0 Å². The molecule has 31 heavy (non-hydrogen) atoms. The van der Waals surface area contributed by atoms with E-state index in [0.29, 0.717) is 25.1 Å². The van der Waals surface area contributed by atoms with Crippen molar-refractivity contribution >= 4 is 11.8 Å². The van der Waals surface area contributed by atoms with Gasteiger partial charge in [-0.05, 0) is 40.5 Å². The third-order valence-corrected chi connectivity index (χ3v) is 5.70. The molecule has 0 N–H and O–H groups in total. The number of amides is 2. The summed E-state index contributed by atoms with van der Waals surface area (Å²) in [4.78, 5) is 33.3. The maximum Gasteiger partial charge on any atom is 0.245 e. The Labute approximate surface area is 181 Å². The Bertz CT molecular complexity index is 1090. The lowest BCUT2D eigenvalue weighted by Crippen LogP contribution is -2.58. The summed E-state index contributed by atoms with van der Waals surface area (Å²) in [6.45, 7) is 0.902. The quantitative estimate of drug-likeness (QED) is 0.640. The van der Waals surface area contributed by atoms with E-state index in [0.717, 1.165) is 16.7 Å². The molecule has 1 unspecified atom stereocenters. The lowest BCUT2D eigenvalue weighted by molar-refractivity contribution is -0.149. The van der Waals surface area contributed by atoms with Gasteiger partial charge < -0.3 is 9.80 Å². The van der Waals surface area contributed by atoms with Crippen molar-refractivity contribution in [1.29, 1.82) is 0 Å². The van der Waals surface area contributed by atoms with Crippen molar-refractivity contribution in [3.05, 3.63) is 90.0 Å². The Morgan fingerprint density at radius 3 is 2.58 bits per heavy atom. The lowest BCUT2D eigenvalue weighted by atomic mass is 9.97. The molecule has 0 spiro atoms. The number of pyridine rings is 1. The van der Waals surface area contributed by atoms with Gasteiger partial charge in [0, 0.05) is 39.0 Å². The zero-order valence-electron chi connectivity index (χ0n) is 17.4. The molecule has 2 amide bonds. The smallest absolute Gasteiger partial charge is 0.245 e. The van der Waals surface area contributed by atoms with Crippen LogP contribution in [0.5, 0.6) is 0 Å². The van der Waals surface area contributed by atoms with Gasteiger partial charge in [0.2, 0.25) is 11.8 Å². The highest BCUT2D eigenvalue weighted by Gasteiger charge is 2.36. The molecule has 1 aliphatic rings. The summed E-state index contributed by atoms with van der Waals surface area (Å²) < 4.78 is 14.1. The minimum Gasteiger partial charge on any atom is -0.342 e. The number of halogens is 1. The van der Waals surface area contributed by atoms with Gasteiger partial charge in [0.1, 0.15) is 11.9 Å². The van der Waals surface area contributed by atoms with Gasteiger partial charge in [-0.3, -0.25) is 14.6 Å². The molecule has 1 atom stereocenters. The van der Waals surface area contributed by atoms with Crippen LogP contribution in [0.4, 0.5) is 4.39 Å². The summed E-state index contributed by atoms with van der Waals surface area (Å²) in [5, 5.41) is 0. The van der Waals surface area contributed by atoms with Crippen molar-refractivity contribution < 1.29 is 14.0 Å². The maximum atomic E-state index is 14.1. The second-order valence-electron chi connectivity index (χ2n) is 7.77. The largest absolute Gasteiger partial charge is 0.342 e. The molecule has 5 nitrogen and oxygen atoms in total. The highest BCUT2D eigenvalue weighted by Crippen LogP contribution is 2.23. The Kier molecular flexibility index (Phi) is 6.07. The van der Waals surface area contributed by atoms with Crippen molar-refractivity contribution in [2.75, 3.05) is 20.1 Å². The van der Waals surface area contributed by atoms with Crippen LogP contribution in [0.15, 0.2) is 73.1 Å². The van der Waals surface area contributed by atoms with Gasteiger partial charge in [-0.1, -0.05) is 42.5 Å². The lowest BCUT2D eigenvalue weighted by Gasteiger charge is -2.39. The monoisotopic (exact) mass is 417 g/mol. The molecule has 1 aromatic heterocycles. The summed E-state index contributed by atoms with van der Waals surface area (Å²) >= 11 is 0. The molecular formula is C25H24FN3O2. The molecule has 0 bridgehead atoms. The van der Waals surface area contributed by atoms with Gasteiger partial charge in [-0.2, -0.15) is 0 Å². The van der Waals surface area contributed by atoms with Gasteiger partial charge in [0.05, 0.1) is 6.42 Å². The van der Waals surface area contributed by atoms with Gasteiger partial charge in [0.15, 0.2) is 0 Å². The molecule has 158 valence electrons. The standard InChI is InChI=1S/C25H24FN3O2/c1-28-13-14-29(24(30)17-21-6-2-3-8-22(21)26)23(25(28)31)16-18-5-4-7-20(15-18)19-9-11-27-12-10-19/h2-12,15,23H,13-14,16-17H2,1H3. The zero-order chi connectivity index (χ0) is 21.8. The van der Waals surface area contributed by atoms with Crippen LogP contribution in [0.1, 0.15) is 11.1 Å². The number of piperazine rings is 1. The van der Waals surface area contributed by atoms with E-state index in [1.54, 1.807) is 47.4 Å². The molecule has 0 saturated carbocycles. The van der Waals surface area contributed by atoms with Gasteiger partial charge >= 0.3 is 0 Å². The third-order valence-electron chi connectivity index (χ3n) is 5.70. The summed E-state index contributed by atoms with van der Waals surface area (Å²) in [5.74, 6) is -0.734. The molecule has 4 rings (SSSR count). The second-order valence-corrected chi connectivity index (χ2v) is 7.77. The molecule has 6 heteroatoms. The zero-order valence-corrected chi connectivity index (χ0v) is 17.4. The Hall–Kier alpha value is -3.54. The first-order valence-corrected chi connectivity index (χ1v) is 10.3. The number of likely N-dealkylation sites (N-methyl/N-ethyl adjacent to an activating group) is 1.